The summed E-state index contributed by atoms with van der Waals surface area (Å²) < 4.78 is 18.8. The van der Waals surface area contributed by atoms with Crippen molar-refractivity contribution >= 4 is 0 Å². The molecule has 1 saturated heterocycles. The highest BCUT2D eigenvalue weighted by atomic mass is 19.1. The van der Waals surface area contributed by atoms with Crippen molar-refractivity contribution in [2.75, 3.05) is 19.6 Å². The molecule has 0 aliphatic carbocycles. The summed E-state index contributed by atoms with van der Waals surface area (Å²) in [5.74, 6) is 0.594. The molecule has 1 atom stereocenters. The van der Waals surface area contributed by atoms with Crippen LogP contribution in [-0.2, 0) is 6.61 Å². The van der Waals surface area contributed by atoms with Crippen LogP contribution in [0.15, 0.2) is 48.5 Å². The molecule has 2 aromatic carbocycles. The van der Waals surface area contributed by atoms with Gasteiger partial charge in [0.2, 0.25) is 0 Å². The van der Waals surface area contributed by atoms with Gasteiger partial charge in [0.1, 0.15) is 18.2 Å². The first-order valence-corrected chi connectivity index (χ1v) is 8.17. The van der Waals surface area contributed by atoms with Crippen molar-refractivity contribution in [3.63, 3.8) is 0 Å². The predicted octanol–water partition coefficient (Wildman–Crippen LogP) is 3.50. The summed E-state index contributed by atoms with van der Waals surface area (Å²) in [4.78, 5) is 2.44. The van der Waals surface area contributed by atoms with Gasteiger partial charge in [-0.25, -0.2) is 4.39 Å². The minimum absolute atomic E-state index is 0.229. The molecule has 4 heteroatoms. The lowest BCUT2D eigenvalue weighted by molar-refractivity contribution is 0.249. The minimum Gasteiger partial charge on any atom is -0.489 e. The van der Waals surface area contributed by atoms with Crippen LogP contribution in [0.3, 0.4) is 0 Å². The quantitative estimate of drug-likeness (QED) is 0.887. The Bertz CT molecular complexity index is 624. The van der Waals surface area contributed by atoms with Crippen molar-refractivity contribution in [1.82, 2.24) is 4.90 Å². The maximum atomic E-state index is 12.9. The maximum Gasteiger partial charge on any atom is 0.123 e. The van der Waals surface area contributed by atoms with Gasteiger partial charge in [-0.15, -0.1) is 0 Å². The topological polar surface area (TPSA) is 38.5 Å². The number of likely N-dealkylation sites (tertiary alicyclic amines) is 1. The molecule has 1 aliphatic heterocycles. The molecular formula is C19H23FN2O. The average Bonchev–Trinajstić information content (AvgIpc) is 3.10. The predicted molar refractivity (Wildman–Crippen MR) is 89.8 cm³/mol. The van der Waals surface area contributed by atoms with Crippen LogP contribution in [0.2, 0.25) is 0 Å². The molecule has 2 aromatic rings. The second-order valence-electron chi connectivity index (χ2n) is 5.98. The van der Waals surface area contributed by atoms with Crippen LogP contribution in [0.1, 0.15) is 30.0 Å². The molecule has 23 heavy (non-hydrogen) atoms. The number of benzene rings is 2. The number of nitrogens with two attached hydrogens (primary N) is 1. The summed E-state index contributed by atoms with van der Waals surface area (Å²) in [7, 11) is 0. The maximum absolute atomic E-state index is 12.9. The molecule has 2 N–H and O–H groups in total. The van der Waals surface area contributed by atoms with Gasteiger partial charge in [0.05, 0.1) is 0 Å². The van der Waals surface area contributed by atoms with Crippen molar-refractivity contribution in [1.29, 1.82) is 0 Å². The van der Waals surface area contributed by atoms with Crippen molar-refractivity contribution < 1.29 is 9.13 Å². The number of hydrogen-bond acceptors (Lipinski definition) is 3. The lowest BCUT2D eigenvalue weighted by atomic mass is 10.1. The van der Waals surface area contributed by atoms with Crippen molar-refractivity contribution in [2.45, 2.75) is 25.5 Å². The van der Waals surface area contributed by atoms with E-state index in [1.54, 1.807) is 12.1 Å². The van der Waals surface area contributed by atoms with E-state index < -0.39 is 0 Å². The second kappa shape index (κ2) is 7.57. The van der Waals surface area contributed by atoms with Gasteiger partial charge in [-0.2, -0.15) is 0 Å². The molecule has 1 fully saturated rings. The van der Waals surface area contributed by atoms with E-state index in [0.29, 0.717) is 13.2 Å². The molecule has 122 valence electrons. The fraction of sp³-hybridized carbons (Fsp3) is 0.368. The van der Waals surface area contributed by atoms with E-state index in [9.17, 15) is 4.39 Å². The Balaban J connectivity index is 1.67. The molecule has 0 aromatic heterocycles. The van der Waals surface area contributed by atoms with E-state index in [2.05, 4.69) is 17.0 Å². The van der Waals surface area contributed by atoms with Crippen molar-refractivity contribution in [3.8, 4) is 5.75 Å². The largest absolute Gasteiger partial charge is 0.489 e. The molecule has 0 spiro atoms. The molecule has 0 radical (unpaired) electrons. The molecule has 3 rings (SSSR count). The van der Waals surface area contributed by atoms with E-state index in [1.807, 2.05) is 12.1 Å². The van der Waals surface area contributed by atoms with Crippen molar-refractivity contribution in [2.24, 2.45) is 5.73 Å². The third-order valence-electron chi connectivity index (χ3n) is 4.37. The number of rotatable bonds is 6. The Kier molecular flexibility index (Phi) is 5.26. The van der Waals surface area contributed by atoms with Gasteiger partial charge in [0, 0.05) is 12.6 Å². The molecule has 1 unspecified atom stereocenters. The van der Waals surface area contributed by atoms with E-state index in [1.165, 1.54) is 30.5 Å². The van der Waals surface area contributed by atoms with Crippen molar-refractivity contribution in [3.05, 3.63) is 65.5 Å². The Morgan fingerprint density at radius 2 is 1.83 bits per heavy atom. The average molecular weight is 314 g/mol. The summed E-state index contributed by atoms with van der Waals surface area (Å²) >= 11 is 0. The molecular weight excluding hydrogens is 291 g/mol. The molecule has 0 bridgehead atoms. The van der Waals surface area contributed by atoms with Gasteiger partial charge in [0.15, 0.2) is 0 Å². The summed E-state index contributed by atoms with van der Waals surface area (Å²) in [6, 6.07) is 14.8. The summed E-state index contributed by atoms with van der Waals surface area (Å²) in [6.07, 6.45) is 2.49. The second-order valence-corrected chi connectivity index (χ2v) is 5.98. The third kappa shape index (κ3) is 4.09. The minimum atomic E-state index is -0.229. The molecule has 1 aliphatic rings. The standard InChI is InChI=1S/C19H23FN2O/c20-17-8-6-15(7-9-17)14-23-18-5-3-4-16(12-18)19(13-21)22-10-1-2-11-22/h3-9,12,19H,1-2,10-11,13-14,21H2. The molecule has 0 saturated carbocycles. The van der Waals surface area contributed by atoms with Crippen LogP contribution >= 0.6 is 0 Å². The van der Waals surface area contributed by atoms with Crippen LogP contribution in [0.25, 0.3) is 0 Å². The van der Waals surface area contributed by atoms with Gasteiger partial charge in [-0.1, -0.05) is 24.3 Å². The zero-order valence-corrected chi connectivity index (χ0v) is 13.2. The fourth-order valence-electron chi connectivity index (χ4n) is 3.11. The number of nitrogens with zero attached hydrogens (tertiary/aromatic N) is 1. The smallest absolute Gasteiger partial charge is 0.123 e. The fourth-order valence-corrected chi connectivity index (χ4v) is 3.11. The number of hydrogen-bond donors (Lipinski definition) is 1. The molecule has 3 nitrogen and oxygen atoms in total. The van der Waals surface area contributed by atoms with Crippen LogP contribution < -0.4 is 10.5 Å². The summed E-state index contributed by atoms with van der Waals surface area (Å²) in [5, 5.41) is 0. The van der Waals surface area contributed by atoms with Gasteiger partial charge >= 0.3 is 0 Å². The Labute approximate surface area is 136 Å². The van der Waals surface area contributed by atoms with E-state index in [-0.39, 0.29) is 11.9 Å². The summed E-state index contributed by atoms with van der Waals surface area (Å²) in [6.45, 7) is 3.27. The van der Waals surface area contributed by atoms with Crippen LogP contribution in [0.4, 0.5) is 4.39 Å². The Morgan fingerprint density at radius 1 is 1.09 bits per heavy atom. The highest BCUT2D eigenvalue weighted by molar-refractivity contribution is 5.31. The Morgan fingerprint density at radius 3 is 2.52 bits per heavy atom. The third-order valence-corrected chi connectivity index (χ3v) is 4.37. The first-order chi connectivity index (χ1) is 11.3. The van der Waals surface area contributed by atoms with Gasteiger partial charge in [-0.3, -0.25) is 4.90 Å². The number of halogens is 1. The zero-order valence-electron chi connectivity index (χ0n) is 13.2. The van der Waals surface area contributed by atoms with Crippen LogP contribution in [-0.4, -0.2) is 24.5 Å². The van der Waals surface area contributed by atoms with Crippen LogP contribution in [0, 0.1) is 5.82 Å². The lowest BCUT2D eigenvalue weighted by Crippen LogP contribution is -2.31. The van der Waals surface area contributed by atoms with E-state index in [0.717, 1.165) is 24.4 Å². The zero-order chi connectivity index (χ0) is 16.1. The van der Waals surface area contributed by atoms with Gasteiger partial charge in [-0.05, 0) is 61.3 Å². The first-order valence-electron chi connectivity index (χ1n) is 8.17. The summed E-state index contributed by atoms with van der Waals surface area (Å²) in [5.41, 5.74) is 8.15. The highest BCUT2D eigenvalue weighted by Gasteiger charge is 2.22. The van der Waals surface area contributed by atoms with Gasteiger partial charge < -0.3 is 10.5 Å². The highest BCUT2D eigenvalue weighted by Crippen LogP contribution is 2.27. The SMILES string of the molecule is NCC(c1cccc(OCc2ccc(F)cc2)c1)N1CCCC1. The lowest BCUT2D eigenvalue weighted by Gasteiger charge is -2.26. The Hall–Kier alpha value is -1.91. The first kappa shape index (κ1) is 16.0. The van der Waals surface area contributed by atoms with Crippen LogP contribution in [0.5, 0.6) is 5.75 Å². The normalized spacial score (nSPS) is 16.4. The van der Waals surface area contributed by atoms with E-state index >= 15 is 0 Å². The van der Waals surface area contributed by atoms with Gasteiger partial charge in [0.25, 0.3) is 0 Å². The van der Waals surface area contributed by atoms with E-state index in [4.69, 9.17) is 10.5 Å². The molecule has 0 amide bonds. The molecule has 1 heterocycles. The number of ether oxygens (including phenoxy) is 1. The monoisotopic (exact) mass is 314 g/mol.